The monoisotopic (exact) mass is 511 g/mol. The first-order valence-electron chi connectivity index (χ1n) is 12.7. The van der Waals surface area contributed by atoms with Crippen molar-refractivity contribution >= 4 is 21.8 Å². The van der Waals surface area contributed by atoms with E-state index in [0.717, 1.165) is 5.56 Å². The Hall–Kier alpha value is -2.75. The Balaban J connectivity index is 1.28. The van der Waals surface area contributed by atoms with Gasteiger partial charge in [-0.1, -0.05) is 48.5 Å². The fourth-order valence-corrected chi connectivity index (χ4v) is 7.11. The maximum atomic E-state index is 13.7. The summed E-state index contributed by atoms with van der Waals surface area (Å²) >= 11 is 0. The van der Waals surface area contributed by atoms with Gasteiger partial charge in [0, 0.05) is 25.6 Å². The highest BCUT2D eigenvalue weighted by atomic mass is 32.2. The van der Waals surface area contributed by atoms with Gasteiger partial charge >= 0.3 is 0 Å². The summed E-state index contributed by atoms with van der Waals surface area (Å²) < 4.78 is 34.0. The molecule has 3 saturated heterocycles. The minimum Gasteiger partial charge on any atom is -0.377 e. The molecule has 0 spiro atoms. The quantitative estimate of drug-likeness (QED) is 0.643. The fourth-order valence-electron chi connectivity index (χ4n) is 5.40. The number of ether oxygens (including phenoxy) is 1. The molecule has 0 aromatic heterocycles. The van der Waals surface area contributed by atoms with Crippen molar-refractivity contribution in [3.8, 4) is 0 Å². The van der Waals surface area contributed by atoms with Crippen LogP contribution in [-0.4, -0.2) is 68.3 Å². The molecule has 192 valence electrons. The number of benzene rings is 2. The van der Waals surface area contributed by atoms with Gasteiger partial charge in [-0.3, -0.25) is 9.59 Å². The first kappa shape index (κ1) is 24.9. The molecule has 0 bridgehead atoms. The van der Waals surface area contributed by atoms with Crippen LogP contribution >= 0.6 is 0 Å². The number of sulfonamides is 1. The van der Waals surface area contributed by atoms with Crippen molar-refractivity contribution in [1.29, 1.82) is 0 Å². The van der Waals surface area contributed by atoms with Crippen LogP contribution < -0.4 is 5.32 Å². The molecule has 9 heteroatoms. The molecule has 3 aliphatic heterocycles. The second-order valence-electron chi connectivity index (χ2n) is 9.93. The zero-order valence-electron chi connectivity index (χ0n) is 20.3. The summed E-state index contributed by atoms with van der Waals surface area (Å²) in [6.45, 7) is 2.32. The summed E-state index contributed by atoms with van der Waals surface area (Å²) in [6, 6.07) is 17.9. The molecule has 3 heterocycles. The van der Waals surface area contributed by atoms with Gasteiger partial charge in [-0.05, 0) is 43.4 Å². The second-order valence-corrected chi connectivity index (χ2v) is 11.8. The van der Waals surface area contributed by atoms with Crippen molar-refractivity contribution in [1.82, 2.24) is 14.5 Å². The second kappa shape index (κ2) is 10.7. The lowest BCUT2D eigenvalue weighted by Crippen LogP contribution is -2.53. The summed E-state index contributed by atoms with van der Waals surface area (Å²) in [5.74, 6) is -0.473. The Labute approximate surface area is 212 Å². The van der Waals surface area contributed by atoms with Crippen LogP contribution in [-0.2, 0) is 24.3 Å². The zero-order chi connectivity index (χ0) is 25.1. The Morgan fingerprint density at radius 1 is 0.833 bits per heavy atom. The summed E-state index contributed by atoms with van der Waals surface area (Å²) in [5, 5.41) is 3.01. The Morgan fingerprint density at radius 2 is 1.47 bits per heavy atom. The molecule has 2 amide bonds. The smallest absolute Gasteiger partial charge is 0.243 e. The summed E-state index contributed by atoms with van der Waals surface area (Å²) in [5.41, 5.74) is 0.937. The number of hydrogen-bond acceptors (Lipinski definition) is 5. The Kier molecular flexibility index (Phi) is 7.41. The number of piperidine rings is 2. The van der Waals surface area contributed by atoms with E-state index in [9.17, 15) is 18.0 Å². The van der Waals surface area contributed by atoms with E-state index in [0.29, 0.717) is 52.0 Å². The molecule has 5 rings (SSSR count). The van der Waals surface area contributed by atoms with Crippen LogP contribution in [0.3, 0.4) is 0 Å². The molecule has 0 radical (unpaired) electrons. The molecule has 0 aliphatic carbocycles. The topological polar surface area (TPSA) is 96.0 Å². The highest BCUT2D eigenvalue weighted by Crippen LogP contribution is 2.38. The Bertz CT molecular complexity index is 1160. The maximum Gasteiger partial charge on any atom is 0.243 e. The molecule has 1 N–H and O–H groups in total. The lowest BCUT2D eigenvalue weighted by molar-refractivity contribution is -0.141. The highest BCUT2D eigenvalue weighted by molar-refractivity contribution is 7.89. The largest absolute Gasteiger partial charge is 0.377 e. The standard InChI is InChI=1S/C27H33N3O5S/c31-26(28-23-18-35-19-23)21-13-15-29(16-14-21)27(32)22-11-12-25(20-7-3-1-4-8-20)30(17-22)36(33,34)24-9-5-2-6-10-24/h1-10,21-23,25H,11-19H2,(H,28,31). The lowest BCUT2D eigenvalue weighted by atomic mass is 9.88. The van der Waals surface area contributed by atoms with Gasteiger partial charge in [0.05, 0.1) is 36.1 Å². The molecule has 2 unspecified atom stereocenters. The molecular formula is C27H33N3O5S. The number of nitrogens with one attached hydrogen (secondary N) is 1. The highest BCUT2D eigenvalue weighted by Gasteiger charge is 2.41. The van der Waals surface area contributed by atoms with E-state index < -0.39 is 15.9 Å². The van der Waals surface area contributed by atoms with Gasteiger partial charge in [0.25, 0.3) is 0 Å². The van der Waals surface area contributed by atoms with Gasteiger partial charge in [-0.25, -0.2) is 8.42 Å². The third-order valence-corrected chi connectivity index (χ3v) is 9.47. The van der Waals surface area contributed by atoms with Crippen LogP contribution in [0.2, 0.25) is 0 Å². The van der Waals surface area contributed by atoms with Crippen molar-refractivity contribution in [2.75, 3.05) is 32.8 Å². The summed E-state index contributed by atoms with van der Waals surface area (Å²) in [6.07, 6.45) is 2.45. The number of carbonyl (C=O) groups is 2. The SMILES string of the molecule is O=C(NC1COC1)C1CCN(C(=O)C2CCC(c3ccccc3)N(S(=O)(=O)c3ccccc3)C2)CC1. The number of carbonyl (C=O) groups excluding carboxylic acids is 2. The van der Waals surface area contributed by atoms with Gasteiger partial charge in [-0.15, -0.1) is 0 Å². The first-order chi connectivity index (χ1) is 17.4. The third-order valence-electron chi connectivity index (χ3n) is 7.58. The predicted octanol–water partition coefficient (Wildman–Crippen LogP) is 2.58. The molecule has 3 aliphatic rings. The predicted molar refractivity (Wildman–Crippen MR) is 134 cm³/mol. The van der Waals surface area contributed by atoms with Crippen molar-refractivity contribution < 1.29 is 22.7 Å². The van der Waals surface area contributed by atoms with Crippen molar-refractivity contribution in [2.45, 2.75) is 42.7 Å². The van der Waals surface area contributed by atoms with Crippen LogP contribution in [0.15, 0.2) is 65.6 Å². The van der Waals surface area contributed by atoms with Crippen molar-refractivity contribution in [2.24, 2.45) is 11.8 Å². The molecule has 2 aromatic rings. The third kappa shape index (κ3) is 5.19. The van der Waals surface area contributed by atoms with Gasteiger partial charge in [0.1, 0.15) is 0 Å². The number of nitrogens with zero attached hydrogens (tertiary/aromatic N) is 2. The van der Waals surface area contributed by atoms with E-state index in [4.69, 9.17) is 4.74 Å². The number of hydrogen-bond donors (Lipinski definition) is 1. The van der Waals surface area contributed by atoms with Gasteiger partial charge in [0.2, 0.25) is 21.8 Å². The first-order valence-corrected chi connectivity index (χ1v) is 14.2. The van der Waals surface area contributed by atoms with Gasteiger partial charge in [-0.2, -0.15) is 4.31 Å². The van der Waals surface area contributed by atoms with Crippen LogP contribution in [0.25, 0.3) is 0 Å². The van der Waals surface area contributed by atoms with E-state index in [2.05, 4.69) is 5.32 Å². The normalized spacial score (nSPS) is 24.2. The maximum absolute atomic E-state index is 13.7. The fraction of sp³-hybridized carbons (Fsp3) is 0.481. The molecule has 8 nitrogen and oxygen atoms in total. The average Bonchev–Trinajstić information content (AvgIpc) is 2.91. The van der Waals surface area contributed by atoms with Crippen LogP contribution in [0.1, 0.15) is 37.3 Å². The van der Waals surface area contributed by atoms with E-state index >= 15 is 0 Å². The molecule has 3 fully saturated rings. The van der Waals surface area contributed by atoms with Gasteiger partial charge in [0.15, 0.2) is 0 Å². The minimum atomic E-state index is -3.79. The molecule has 2 aromatic carbocycles. The molecule has 2 atom stereocenters. The molecule has 0 saturated carbocycles. The van der Waals surface area contributed by atoms with E-state index in [1.54, 1.807) is 30.3 Å². The minimum absolute atomic E-state index is 0.0129. The van der Waals surface area contributed by atoms with Crippen molar-refractivity contribution in [3.05, 3.63) is 66.2 Å². The van der Waals surface area contributed by atoms with Crippen LogP contribution in [0.5, 0.6) is 0 Å². The van der Waals surface area contributed by atoms with Crippen LogP contribution in [0.4, 0.5) is 0 Å². The summed E-state index contributed by atoms with van der Waals surface area (Å²) in [4.78, 5) is 28.1. The number of amides is 2. The van der Waals surface area contributed by atoms with E-state index in [1.807, 2.05) is 35.2 Å². The van der Waals surface area contributed by atoms with E-state index in [1.165, 1.54) is 4.31 Å². The number of likely N-dealkylation sites (tertiary alicyclic amines) is 1. The van der Waals surface area contributed by atoms with Crippen molar-refractivity contribution in [3.63, 3.8) is 0 Å². The molecule has 36 heavy (non-hydrogen) atoms. The lowest BCUT2D eigenvalue weighted by Gasteiger charge is -2.41. The molecular weight excluding hydrogens is 478 g/mol. The van der Waals surface area contributed by atoms with Gasteiger partial charge < -0.3 is 15.0 Å². The number of rotatable bonds is 6. The average molecular weight is 512 g/mol. The Morgan fingerprint density at radius 3 is 2.08 bits per heavy atom. The summed E-state index contributed by atoms with van der Waals surface area (Å²) in [7, 11) is -3.79. The van der Waals surface area contributed by atoms with E-state index in [-0.39, 0.29) is 41.3 Å². The zero-order valence-corrected chi connectivity index (χ0v) is 21.1. The van der Waals surface area contributed by atoms with Crippen LogP contribution in [0, 0.1) is 11.8 Å².